The number of amides is 2. The molecule has 0 N–H and O–H groups in total. The second-order valence-corrected chi connectivity index (χ2v) is 7.15. The van der Waals surface area contributed by atoms with Gasteiger partial charge in [0, 0.05) is 22.5 Å². The van der Waals surface area contributed by atoms with E-state index < -0.39 is 0 Å². The van der Waals surface area contributed by atoms with Gasteiger partial charge in [-0.25, -0.2) is 0 Å². The Labute approximate surface area is 146 Å². The van der Waals surface area contributed by atoms with Crippen molar-refractivity contribution in [3.63, 3.8) is 0 Å². The zero-order chi connectivity index (χ0) is 16.4. The van der Waals surface area contributed by atoms with E-state index in [1.807, 2.05) is 30.3 Å². The van der Waals surface area contributed by atoms with Crippen LogP contribution in [0.1, 0.15) is 12.7 Å². The molecule has 1 aliphatic heterocycles. The van der Waals surface area contributed by atoms with Crippen molar-refractivity contribution in [1.29, 1.82) is 0 Å². The van der Waals surface area contributed by atoms with Crippen LogP contribution in [-0.4, -0.2) is 22.6 Å². The average molecular weight is 366 g/mol. The standard InChI is InChI=1S/C16H12ClNO3S2/c1-2-18-15(19)13(23-16(18)20)9-11-5-8-14(21-11)22-12-6-3-10(17)4-7-12/h3-9H,2H2,1H3. The minimum Gasteiger partial charge on any atom is -0.450 e. The number of rotatable bonds is 4. The summed E-state index contributed by atoms with van der Waals surface area (Å²) in [6.45, 7) is 2.14. The third-order valence-corrected chi connectivity index (χ3v) is 5.19. The minimum atomic E-state index is -0.272. The molecule has 0 bridgehead atoms. The van der Waals surface area contributed by atoms with E-state index in [1.54, 1.807) is 19.1 Å². The Balaban J connectivity index is 1.75. The van der Waals surface area contributed by atoms with Crippen LogP contribution in [0.4, 0.5) is 4.79 Å². The van der Waals surface area contributed by atoms with Gasteiger partial charge in [0.1, 0.15) is 5.76 Å². The first kappa shape index (κ1) is 16.2. The molecule has 1 aromatic carbocycles. The lowest BCUT2D eigenvalue weighted by molar-refractivity contribution is -0.122. The van der Waals surface area contributed by atoms with Crippen molar-refractivity contribution in [3.05, 3.63) is 52.1 Å². The van der Waals surface area contributed by atoms with Gasteiger partial charge in [0.15, 0.2) is 5.09 Å². The van der Waals surface area contributed by atoms with Gasteiger partial charge in [-0.15, -0.1) is 0 Å². The first-order valence-corrected chi connectivity index (χ1v) is 8.86. The summed E-state index contributed by atoms with van der Waals surface area (Å²) in [4.78, 5) is 26.3. The average Bonchev–Trinajstić information content (AvgIpc) is 3.07. The summed E-state index contributed by atoms with van der Waals surface area (Å²) in [5, 5.41) is 1.14. The fourth-order valence-electron chi connectivity index (χ4n) is 1.99. The topological polar surface area (TPSA) is 50.5 Å². The molecule has 1 aromatic heterocycles. The van der Waals surface area contributed by atoms with Gasteiger partial charge in [-0.3, -0.25) is 14.5 Å². The lowest BCUT2D eigenvalue weighted by Gasteiger charge is -2.06. The molecule has 1 aliphatic rings. The second kappa shape index (κ2) is 6.86. The van der Waals surface area contributed by atoms with E-state index in [0.717, 1.165) is 16.7 Å². The quantitative estimate of drug-likeness (QED) is 0.702. The predicted molar refractivity (Wildman–Crippen MR) is 92.6 cm³/mol. The van der Waals surface area contributed by atoms with Crippen LogP contribution in [0.15, 0.2) is 55.7 Å². The number of likely N-dealkylation sites (N-methyl/N-ethyl adjacent to an activating group) is 1. The summed E-state index contributed by atoms with van der Waals surface area (Å²) in [5.41, 5.74) is 0. The summed E-state index contributed by atoms with van der Waals surface area (Å²) >= 11 is 8.25. The predicted octanol–water partition coefficient (Wildman–Crippen LogP) is 5.14. The van der Waals surface area contributed by atoms with Crippen LogP contribution in [0.2, 0.25) is 5.02 Å². The Morgan fingerprint density at radius 1 is 1.22 bits per heavy atom. The number of carbonyl (C=O) groups excluding carboxylic acids is 2. The Morgan fingerprint density at radius 3 is 2.61 bits per heavy atom. The van der Waals surface area contributed by atoms with Crippen LogP contribution in [0.25, 0.3) is 6.08 Å². The third-order valence-electron chi connectivity index (χ3n) is 3.10. The van der Waals surface area contributed by atoms with E-state index in [4.69, 9.17) is 16.0 Å². The molecule has 0 radical (unpaired) electrons. The highest BCUT2D eigenvalue weighted by Gasteiger charge is 2.33. The maximum absolute atomic E-state index is 12.0. The highest BCUT2D eigenvalue weighted by atomic mass is 35.5. The van der Waals surface area contributed by atoms with Gasteiger partial charge in [-0.05, 0) is 55.1 Å². The number of benzene rings is 1. The van der Waals surface area contributed by atoms with Gasteiger partial charge in [0.2, 0.25) is 0 Å². The van der Waals surface area contributed by atoms with Crippen LogP contribution in [0.3, 0.4) is 0 Å². The van der Waals surface area contributed by atoms with Crippen LogP contribution in [-0.2, 0) is 4.79 Å². The molecule has 1 saturated heterocycles. The summed E-state index contributed by atoms with van der Waals surface area (Å²) in [7, 11) is 0. The van der Waals surface area contributed by atoms with E-state index in [-0.39, 0.29) is 11.1 Å². The number of nitrogens with zero attached hydrogens (tertiary/aromatic N) is 1. The summed E-state index contributed by atoms with van der Waals surface area (Å²) in [5.74, 6) is 0.272. The maximum Gasteiger partial charge on any atom is 0.293 e. The molecule has 7 heteroatoms. The lowest BCUT2D eigenvalue weighted by atomic mass is 10.3. The monoisotopic (exact) mass is 365 g/mol. The van der Waals surface area contributed by atoms with E-state index in [0.29, 0.717) is 27.3 Å². The van der Waals surface area contributed by atoms with Gasteiger partial charge in [-0.1, -0.05) is 23.4 Å². The number of hydrogen-bond donors (Lipinski definition) is 0. The largest absolute Gasteiger partial charge is 0.450 e. The first-order valence-electron chi connectivity index (χ1n) is 6.85. The molecule has 0 atom stereocenters. The summed E-state index contributed by atoms with van der Waals surface area (Å²) in [6.07, 6.45) is 1.60. The van der Waals surface area contributed by atoms with Crippen LogP contribution < -0.4 is 0 Å². The van der Waals surface area contributed by atoms with Crippen LogP contribution in [0, 0.1) is 0 Å². The van der Waals surface area contributed by atoms with Gasteiger partial charge in [-0.2, -0.15) is 0 Å². The lowest BCUT2D eigenvalue weighted by Crippen LogP contribution is -2.27. The van der Waals surface area contributed by atoms with Crippen molar-refractivity contribution in [2.45, 2.75) is 16.9 Å². The minimum absolute atomic E-state index is 0.244. The van der Waals surface area contributed by atoms with Crippen molar-refractivity contribution in [3.8, 4) is 0 Å². The maximum atomic E-state index is 12.0. The number of thioether (sulfide) groups is 1. The molecule has 118 valence electrons. The normalized spacial score (nSPS) is 16.6. The Morgan fingerprint density at radius 2 is 1.96 bits per heavy atom. The van der Waals surface area contributed by atoms with Crippen molar-refractivity contribution >= 4 is 52.3 Å². The number of halogens is 1. The Kier molecular flexibility index (Phi) is 4.84. The number of carbonyl (C=O) groups is 2. The molecule has 2 aromatic rings. The highest BCUT2D eigenvalue weighted by Crippen LogP contribution is 2.34. The highest BCUT2D eigenvalue weighted by molar-refractivity contribution is 8.18. The van der Waals surface area contributed by atoms with Gasteiger partial charge < -0.3 is 4.42 Å². The van der Waals surface area contributed by atoms with Crippen molar-refractivity contribution in [1.82, 2.24) is 4.90 Å². The van der Waals surface area contributed by atoms with Crippen molar-refractivity contribution in [2.75, 3.05) is 6.54 Å². The van der Waals surface area contributed by atoms with Crippen LogP contribution in [0.5, 0.6) is 0 Å². The fourth-order valence-corrected chi connectivity index (χ4v) is 3.77. The zero-order valence-electron chi connectivity index (χ0n) is 12.1. The number of hydrogen-bond acceptors (Lipinski definition) is 5. The number of furan rings is 1. The van der Waals surface area contributed by atoms with Gasteiger partial charge in [0.25, 0.3) is 11.1 Å². The van der Waals surface area contributed by atoms with Crippen molar-refractivity contribution in [2.24, 2.45) is 0 Å². The molecule has 23 heavy (non-hydrogen) atoms. The van der Waals surface area contributed by atoms with Crippen molar-refractivity contribution < 1.29 is 14.0 Å². The first-order chi connectivity index (χ1) is 11.1. The van der Waals surface area contributed by atoms with E-state index in [9.17, 15) is 9.59 Å². The third kappa shape index (κ3) is 3.65. The molecule has 0 spiro atoms. The molecule has 1 fully saturated rings. The Hall–Kier alpha value is -1.63. The Bertz CT molecular complexity index is 783. The van der Waals surface area contributed by atoms with E-state index in [1.165, 1.54) is 16.7 Å². The summed E-state index contributed by atoms with van der Waals surface area (Å²) in [6, 6.07) is 11.0. The van der Waals surface area contributed by atoms with Crippen LogP contribution >= 0.6 is 35.1 Å². The SMILES string of the molecule is CCN1C(=O)SC(=Cc2ccc(Sc3ccc(Cl)cc3)o2)C1=O. The zero-order valence-corrected chi connectivity index (χ0v) is 14.5. The molecular weight excluding hydrogens is 354 g/mol. The second-order valence-electron chi connectivity index (χ2n) is 4.64. The molecule has 2 heterocycles. The van der Waals surface area contributed by atoms with E-state index in [2.05, 4.69) is 0 Å². The summed E-state index contributed by atoms with van der Waals surface area (Å²) < 4.78 is 5.69. The molecule has 3 rings (SSSR count). The van der Waals surface area contributed by atoms with Gasteiger partial charge in [0.05, 0.1) is 4.91 Å². The molecule has 4 nitrogen and oxygen atoms in total. The molecule has 2 amide bonds. The number of imide groups is 1. The van der Waals surface area contributed by atoms with E-state index >= 15 is 0 Å². The van der Waals surface area contributed by atoms with Gasteiger partial charge >= 0.3 is 0 Å². The molecule has 0 unspecified atom stereocenters. The fraction of sp³-hybridized carbons (Fsp3) is 0.125. The molecule has 0 aliphatic carbocycles. The molecular formula is C16H12ClNO3S2. The molecule has 0 saturated carbocycles. The smallest absolute Gasteiger partial charge is 0.293 e.